The number of hydrogen-bond acceptors (Lipinski definition) is 5. The molecule has 0 fully saturated rings. The SMILES string of the molecule is O=C1/C=N/Cc2ccccc2/C=N/C=N/CCS1. The molecule has 1 aromatic rings. The summed E-state index contributed by atoms with van der Waals surface area (Å²) in [6.07, 6.45) is 4.68. The molecule has 1 heterocycles. The number of fused-ring (bicyclic) bond motifs is 1. The normalized spacial score (nSPS) is 21.9. The first-order valence-corrected chi connectivity index (χ1v) is 6.61. The number of carbonyl (C=O) groups is 1. The summed E-state index contributed by atoms with van der Waals surface area (Å²) in [6, 6.07) is 7.85. The molecule has 0 unspecified atom stereocenters. The van der Waals surface area contributed by atoms with Crippen LogP contribution in [0, 0.1) is 0 Å². The Balaban J connectivity index is 2.24. The molecule has 92 valence electrons. The van der Waals surface area contributed by atoms with E-state index in [4.69, 9.17) is 0 Å². The summed E-state index contributed by atoms with van der Waals surface area (Å²) in [5.74, 6) is 0.657. The molecular formula is C13H13N3OS. The Morgan fingerprint density at radius 1 is 1.11 bits per heavy atom. The molecule has 0 aromatic heterocycles. The van der Waals surface area contributed by atoms with E-state index in [-0.39, 0.29) is 5.12 Å². The number of benzene rings is 1. The van der Waals surface area contributed by atoms with Crippen molar-refractivity contribution in [3.05, 3.63) is 35.4 Å². The Morgan fingerprint density at radius 3 is 2.94 bits per heavy atom. The van der Waals surface area contributed by atoms with E-state index >= 15 is 0 Å². The molecule has 0 amide bonds. The predicted octanol–water partition coefficient (Wildman–Crippen LogP) is 1.98. The molecule has 18 heavy (non-hydrogen) atoms. The molecule has 4 nitrogen and oxygen atoms in total. The highest BCUT2D eigenvalue weighted by atomic mass is 32.2. The number of thioether (sulfide) groups is 1. The van der Waals surface area contributed by atoms with Gasteiger partial charge in [0.15, 0.2) is 0 Å². The average Bonchev–Trinajstić information content (AvgIpc) is 2.40. The molecule has 0 bridgehead atoms. The molecule has 0 atom stereocenters. The van der Waals surface area contributed by atoms with E-state index in [2.05, 4.69) is 15.0 Å². The first kappa shape index (κ1) is 12.7. The third-order valence-electron chi connectivity index (χ3n) is 2.34. The maximum atomic E-state index is 11.4. The zero-order valence-corrected chi connectivity index (χ0v) is 10.6. The molecule has 0 radical (unpaired) electrons. The summed E-state index contributed by atoms with van der Waals surface area (Å²) in [5, 5.41) is -0.0251. The third kappa shape index (κ3) is 3.92. The van der Waals surface area contributed by atoms with Crippen LogP contribution in [0.5, 0.6) is 0 Å². The van der Waals surface area contributed by atoms with E-state index < -0.39 is 0 Å². The molecular weight excluding hydrogens is 246 g/mol. The van der Waals surface area contributed by atoms with Crippen LogP contribution in [0.2, 0.25) is 0 Å². The maximum Gasteiger partial charge on any atom is 0.229 e. The van der Waals surface area contributed by atoms with Crippen LogP contribution in [-0.2, 0) is 11.3 Å². The second kappa shape index (κ2) is 6.86. The highest BCUT2D eigenvalue weighted by Crippen LogP contribution is 2.08. The van der Waals surface area contributed by atoms with Crippen LogP contribution in [-0.4, -0.2) is 36.2 Å². The van der Waals surface area contributed by atoms with Crippen molar-refractivity contribution in [3.63, 3.8) is 0 Å². The molecule has 0 N–H and O–H groups in total. The van der Waals surface area contributed by atoms with Gasteiger partial charge in [-0.2, -0.15) is 0 Å². The quantitative estimate of drug-likeness (QED) is 0.715. The minimum Gasteiger partial charge on any atom is -0.284 e. The van der Waals surface area contributed by atoms with Crippen molar-refractivity contribution in [1.82, 2.24) is 0 Å². The van der Waals surface area contributed by atoms with Gasteiger partial charge in [-0.15, -0.1) is 0 Å². The lowest BCUT2D eigenvalue weighted by molar-refractivity contribution is -0.105. The van der Waals surface area contributed by atoms with Gasteiger partial charge in [0.05, 0.1) is 19.3 Å². The van der Waals surface area contributed by atoms with Gasteiger partial charge in [-0.05, 0) is 11.1 Å². The smallest absolute Gasteiger partial charge is 0.229 e. The van der Waals surface area contributed by atoms with Crippen molar-refractivity contribution in [1.29, 1.82) is 0 Å². The number of carbonyl (C=O) groups excluding carboxylic acids is 1. The molecule has 0 aliphatic carbocycles. The highest BCUT2D eigenvalue weighted by molar-refractivity contribution is 8.15. The fourth-order valence-electron chi connectivity index (χ4n) is 1.48. The van der Waals surface area contributed by atoms with Crippen molar-refractivity contribution >= 4 is 35.6 Å². The van der Waals surface area contributed by atoms with Crippen LogP contribution in [0.25, 0.3) is 0 Å². The van der Waals surface area contributed by atoms with Crippen molar-refractivity contribution in [2.45, 2.75) is 6.54 Å². The summed E-state index contributed by atoms with van der Waals surface area (Å²) in [5.41, 5.74) is 2.04. The zero-order chi connectivity index (χ0) is 12.6. The van der Waals surface area contributed by atoms with Gasteiger partial charge in [-0.25, -0.2) is 4.99 Å². The fraction of sp³-hybridized carbons (Fsp3) is 0.231. The molecule has 1 aliphatic rings. The largest absolute Gasteiger partial charge is 0.284 e. The third-order valence-corrected chi connectivity index (χ3v) is 3.12. The Bertz CT molecular complexity index is 509. The van der Waals surface area contributed by atoms with Crippen molar-refractivity contribution in [3.8, 4) is 0 Å². The van der Waals surface area contributed by atoms with Gasteiger partial charge in [0.2, 0.25) is 5.12 Å². The second-order valence-corrected chi connectivity index (χ2v) is 4.74. The van der Waals surface area contributed by atoms with E-state index in [9.17, 15) is 4.79 Å². The van der Waals surface area contributed by atoms with Gasteiger partial charge in [-0.3, -0.25) is 14.8 Å². The number of hydrogen-bond donors (Lipinski definition) is 0. The van der Waals surface area contributed by atoms with Crippen LogP contribution in [0.3, 0.4) is 0 Å². The van der Waals surface area contributed by atoms with Crippen LogP contribution in [0.4, 0.5) is 0 Å². The Kier molecular flexibility index (Phi) is 4.84. The topological polar surface area (TPSA) is 54.1 Å². The van der Waals surface area contributed by atoms with Gasteiger partial charge in [-0.1, -0.05) is 36.0 Å². The number of aliphatic imine (C=N–C) groups is 3. The van der Waals surface area contributed by atoms with Crippen LogP contribution in [0.15, 0.2) is 39.2 Å². The first-order valence-electron chi connectivity index (χ1n) is 5.62. The van der Waals surface area contributed by atoms with Gasteiger partial charge in [0, 0.05) is 12.0 Å². The van der Waals surface area contributed by atoms with Gasteiger partial charge >= 0.3 is 0 Å². The fourth-order valence-corrected chi connectivity index (χ4v) is 2.02. The predicted molar refractivity (Wildman–Crippen MR) is 77.1 cm³/mol. The summed E-state index contributed by atoms with van der Waals surface area (Å²) in [6.45, 7) is 1.08. The van der Waals surface area contributed by atoms with E-state index in [0.29, 0.717) is 18.8 Å². The molecule has 1 aliphatic heterocycles. The lowest BCUT2D eigenvalue weighted by atomic mass is 10.1. The first-order chi connectivity index (χ1) is 8.86. The molecule has 5 heteroatoms. The average molecular weight is 259 g/mol. The molecule has 2 rings (SSSR count). The zero-order valence-electron chi connectivity index (χ0n) is 9.82. The summed E-state index contributed by atoms with van der Waals surface area (Å²) < 4.78 is 0. The molecule has 0 saturated carbocycles. The van der Waals surface area contributed by atoms with Crippen LogP contribution in [0.1, 0.15) is 11.1 Å². The minimum absolute atomic E-state index is 0.0251. The van der Waals surface area contributed by atoms with Crippen LogP contribution < -0.4 is 0 Å². The second-order valence-electron chi connectivity index (χ2n) is 3.64. The van der Waals surface area contributed by atoms with Crippen molar-refractivity contribution in [2.75, 3.05) is 12.3 Å². The number of nitrogens with zero attached hydrogens (tertiary/aromatic N) is 3. The van der Waals surface area contributed by atoms with Gasteiger partial charge in [0.1, 0.15) is 6.34 Å². The Morgan fingerprint density at radius 2 is 2.00 bits per heavy atom. The van der Waals surface area contributed by atoms with E-state index in [1.807, 2.05) is 24.3 Å². The maximum absolute atomic E-state index is 11.4. The lowest BCUT2D eigenvalue weighted by Crippen LogP contribution is -1.97. The summed E-state index contributed by atoms with van der Waals surface area (Å²) >= 11 is 1.23. The molecule has 0 spiro atoms. The monoisotopic (exact) mass is 259 g/mol. The summed E-state index contributed by atoms with van der Waals surface area (Å²) in [4.78, 5) is 23.8. The minimum atomic E-state index is -0.0251. The Hall–Kier alpha value is -1.75. The van der Waals surface area contributed by atoms with Gasteiger partial charge in [0.25, 0.3) is 0 Å². The van der Waals surface area contributed by atoms with Gasteiger partial charge < -0.3 is 0 Å². The van der Waals surface area contributed by atoms with E-state index in [1.165, 1.54) is 24.3 Å². The summed E-state index contributed by atoms with van der Waals surface area (Å²) in [7, 11) is 0. The molecule has 1 aromatic carbocycles. The standard InChI is InChI=1S/C13H13N3OS/c17-13-9-15-7-11-3-1-2-4-12(11)8-16-10-14-5-6-18-13/h1-4,8-10H,5-7H2/b14-10+,15-9+,16-8+. The Labute approximate surface area is 110 Å². The van der Waals surface area contributed by atoms with E-state index in [0.717, 1.165) is 11.1 Å². The van der Waals surface area contributed by atoms with Crippen molar-refractivity contribution in [2.24, 2.45) is 15.0 Å². The molecule has 0 saturated heterocycles. The van der Waals surface area contributed by atoms with E-state index in [1.54, 1.807) is 6.21 Å². The lowest BCUT2D eigenvalue weighted by Gasteiger charge is -2.00. The van der Waals surface area contributed by atoms with Crippen molar-refractivity contribution < 1.29 is 4.79 Å². The van der Waals surface area contributed by atoms with Crippen LogP contribution >= 0.6 is 11.8 Å². The number of rotatable bonds is 0. The highest BCUT2D eigenvalue weighted by Gasteiger charge is 2.00.